The van der Waals surface area contributed by atoms with Crippen molar-refractivity contribution in [2.24, 2.45) is 7.05 Å². The van der Waals surface area contributed by atoms with E-state index in [1.54, 1.807) is 6.20 Å². The summed E-state index contributed by atoms with van der Waals surface area (Å²) in [6, 6.07) is 12.0. The molecule has 4 aromatic rings. The number of pyridine rings is 1. The van der Waals surface area contributed by atoms with E-state index in [-0.39, 0.29) is 0 Å². The van der Waals surface area contributed by atoms with E-state index in [2.05, 4.69) is 49.2 Å². The molecule has 0 spiro atoms. The number of aromatic nitrogens is 4. The van der Waals surface area contributed by atoms with Gasteiger partial charge in [0.15, 0.2) is 0 Å². The maximum atomic E-state index is 4.68. The van der Waals surface area contributed by atoms with E-state index in [0.29, 0.717) is 5.95 Å². The van der Waals surface area contributed by atoms with Gasteiger partial charge in [0.05, 0.1) is 5.69 Å². The van der Waals surface area contributed by atoms with Gasteiger partial charge in [-0.1, -0.05) is 22.0 Å². The van der Waals surface area contributed by atoms with Gasteiger partial charge in [-0.25, -0.2) is 15.0 Å². The molecular weight excluding hydrogens is 378 g/mol. The molecule has 0 atom stereocenters. The second-order valence-electron chi connectivity index (χ2n) is 5.88. The Bertz CT molecular complexity index is 1070. The van der Waals surface area contributed by atoms with Crippen LogP contribution in [0.1, 0.15) is 5.56 Å². The molecule has 3 aromatic heterocycles. The summed E-state index contributed by atoms with van der Waals surface area (Å²) in [7, 11) is 1.99. The van der Waals surface area contributed by atoms with Crippen molar-refractivity contribution < 1.29 is 0 Å². The van der Waals surface area contributed by atoms with Crippen molar-refractivity contribution in [1.29, 1.82) is 0 Å². The van der Waals surface area contributed by atoms with Gasteiger partial charge in [0.1, 0.15) is 5.65 Å². The van der Waals surface area contributed by atoms with Crippen LogP contribution in [0, 0.1) is 6.92 Å². The second-order valence-corrected chi connectivity index (χ2v) is 6.73. The first-order chi connectivity index (χ1) is 12.1. The normalized spacial score (nSPS) is 11.0. The third-order valence-corrected chi connectivity index (χ3v) is 4.98. The van der Waals surface area contributed by atoms with Crippen LogP contribution in [-0.2, 0) is 7.05 Å². The lowest BCUT2D eigenvalue weighted by Crippen LogP contribution is -1.98. The van der Waals surface area contributed by atoms with Gasteiger partial charge in [-0.05, 0) is 42.8 Å². The van der Waals surface area contributed by atoms with Gasteiger partial charge in [-0.15, -0.1) is 0 Å². The van der Waals surface area contributed by atoms with Crippen molar-refractivity contribution in [1.82, 2.24) is 19.5 Å². The molecule has 0 amide bonds. The van der Waals surface area contributed by atoms with Crippen LogP contribution in [0.3, 0.4) is 0 Å². The summed E-state index contributed by atoms with van der Waals surface area (Å²) in [5, 5.41) is 4.34. The second kappa shape index (κ2) is 6.29. The number of rotatable bonds is 3. The maximum Gasteiger partial charge on any atom is 0.227 e. The van der Waals surface area contributed by atoms with Crippen molar-refractivity contribution in [2.45, 2.75) is 6.92 Å². The molecule has 1 N–H and O–H groups in total. The van der Waals surface area contributed by atoms with Gasteiger partial charge in [-0.3, -0.25) is 0 Å². The minimum atomic E-state index is 0.564. The van der Waals surface area contributed by atoms with E-state index in [9.17, 15) is 0 Å². The molecule has 25 heavy (non-hydrogen) atoms. The first-order valence-corrected chi connectivity index (χ1v) is 8.68. The van der Waals surface area contributed by atoms with Crippen LogP contribution in [0.15, 0.2) is 59.5 Å². The van der Waals surface area contributed by atoms with Crippen molar-refractivity contribution in [3.05, 3.63) is 65.0 Å². The minimum absolute atomic E-state index is 0.564. The molecule has 4 rings (SSSR count). The summed E-state index contributed by atoms with van der Waals surface area (Å²) in [6.45, 7) is 2.06. The van der Waals surface area contributed by atoms with Crippen molar-refractivity contribution in [2.75, 3.05) is 5.32 Å². The smallest absolute Gasteiger partial charge is 0.227 e. The molecule has 0 saturated carbocycles. The van der Waals surface area contributed by atoms with E-state index >= 15 is 0 Å². The maximum absolute atomic E-state index is 4.68. The molecule has 0 fully saturated rings. The average Bonchev–Trinajstić information content (AvgIpc) is 3.00. The Labute approximate surface area is 153 Å². The lowest BCUT2D eigenvalue weighted by molar-refractivity contribution is 0.948. The summed E-state index contributed by atoms with van der Waals surface area (Å²) in [5.41, 5.74) is 4.97. The molecule has 0 unspecified atom stereocenters. The largest absolute Gasteiger partial charge is 0.336 e. The average molecular weight is 394 g/mol. The number of nitrogens with zero attached hydrogens (tertiary/aromatic N) is 4. The number of benzene rings is 1. The summed E-state index contributed by atoms with van der Waals surface area (Å²) < 4.78 is 3.05. The molecule has 6 heteroatoms. The van der Waals surface area contributed by atoms with Crippen LogP contribution in [0.4, 0.5) is 11.6 Å². The number of anilines is 2. The minimum Gasteiger partial charge on any atom is -0.336 e. The van der Waals surface area contributed by atoms with Gasteiger partial charge in [0.25, 0.3) is 0 Å². The highest BCUT2D eigenvalue weighted by Gasteiger charge is 2.09. The van der Waals surface area contributed by atoms with Crippen LogP contribution in [0.5, 0.6) is 0 Å². The van der Waals surface area contributed by atoms with Crippen LogP contribution in [0.2, 0.25) is 0 Å². The number of hydrogen-bond acceptors (Lipinski definition) is 4. The van der Waals surface area contributed by atoms with Crippen molar-refractivity contribution in [3.8, 4) is 11.3 Å². The number of halogens is 1. The molecular formula is C19H16BrN5. The van der Waals surface area contributed by atoms with E-state index < -0.39 is 0 Å². The predicted octanol–water partition coefficient (Wildman–Crippen LogP) is 4.84. The van der Waals surface area contributed by atoms with Crippen LogP contribution in [0.25, 0.3) is 22.3 Å². The first kappa shape index (κ1) is 15.8. The van der Waals surface area contributed by atoms with Crippen molar-refractivity contribution in [3.63, 3.8) is 0 Å². The lowest BCUT2D eigenvalue weighted by atomic mass is 10.1. The number of nitrogens with one attached hydrogen (secondary N) is 1. The molecule has 0 aliphatic carbocycles. The number of aryl methyl sites for hydroxylation is 2. The lowest BCUT2D eigenvalue weighted by Gasteiger charge is -2.09. The molecule has 0 radical (unpaired) electrons. The Morgan fingerprint density at radius 3 is 2.72 bits per heavy atom. The quantitative estimate of drug-likeness (QED) is 0.540. The molecule has 3 heterocycles. The standard InChI is InChI=1S/C19H16BrN5/c1-12-3-4-13(11-16(12)20)23-19-22-9-6-17(24-19)14-5-8-21-18-15(14)7-10-25(18)2/h3-11H,1-2H3,(H,22,23,24). The molecule has 0 aliphatic heterocycles. The van der Waals surface area contributed by atoms with Gasteiger partial charge >= 0.3 is 0 Å². The zero-order valence-corrected chi connectivity index (χ0v) is 15.4. The van der Waals surface area contributed by atoms with Gasteiger partial charge in [0.2, 0.25) is 5.95 Å². The summed E-state index contributed by atoms with van der Waals surface area (Å²) in [6.07, 6.45) is 5.58. The van der Waals surface area contributed by atoms with Crippen LogP contribution in [-0.4, -0.2) is 19.5 Å². The molecule has 5 nitrogen and oxygen atoms in total. The fraction of sp³-hybridized carbons (Fsp3) is 0.105. The summed E-state index contributed by atoms with van der Waals surface area (Å²) in [5.74, 6) is 0.564. The highest BCUT2D eigenvalue weighted by atomic mass is 79.9. The molecule has 124 valence electrons. The molecule has 0 saturated heterocycles. The van der Waals surface area contributed by atoms with E-state index in [1.165, 1.54) is 5.56 Å². The predicted molar refractivity (Wildman–Crippen MR) is 104 cm³/mol. The van der Waals surface area contributed by atoms with Gasteiger partial charge < -0.3 is 9.88 Å². The Morgan fingerprint density at radius 1 is 1.04 bits per heavy atom. The zero-order chi connectivity index (χ0) is 17.4. The third-order valence-electron chi connectivity index (χ3n) is 4.13. The van der Waals surface area contributed by atoms with E-state index in [0.717, 1.165) is 32.5 Å². The Morgan fingerprint density at radius 2 is 1.88 bits per heavy atom. The van der Waals surface area contributed by atoms with Crippen molar-refractivity contribution >= 4 is 38.6 Å². The number of hydrogen-bond donors (Lipinski definition) is 1. The fourth-order valence-corrected chi connectivity index (χ4v) is 3.14. The summed E-state index contributed by atoms with van der Waals surface area (Å²) >= 11 is 3.55. The van der Waals surface area contributed by atoms with Crippen LogP contribution < -0.4 is 5.32 Å². The Kier molecular flexibility index (Phi) is 3.97. The third kappa shape index (κ3) is 3.00. The SMILES string of the molecule is Cc1ccc(Nc2nccc(-c3ccnc4c3ccn4C)n2)cc1Br. The first-order valence-electron chi connectivity index (χ1n) is 7.88. The highest BCUT2D eigenvalue weighted by molar-refractivity contribution is 9.10. The fourth-order valence-electron chi connectivity index (χ4n) is 2.76. The Balaban J connectivity index is 1.72. The van der Waals surface area contributed by atoms with Crippen LogP contribution >= 0.6 is 15.9 Å². The summed E-state index contributed by atoms with van der Waals surface area (Å²) in [4.78, 5) is 13.4. The molecule has 0 aliphatic rings. The monoisotopic (exact) mass is 393 g/mol. The zero-order valence-electron chi connectivity index (χ0n) is 13.9. The topological polar surface area (TPSA) is 55.6 Å². The molecule has 0 bridgehead atoms. The van der Waals surface area contributed by atoms with Gasteiger partial charge in [-0.2, -0.15) is 0 Å². The highest BCUT2D eigenvalue weighted by Crippen LogP contribution is 2.28. The Hall–Kier alpha value is -2.73. The molecule has 1 aromatic carbocycles. The van der Waals surface area contributed by atoms with E-state index in [4.69, 9.17) is 0 Å². The van der Waals surface area contributed by atoms with Gasteiger partial charge in [0, 0.05) is 46.7 Å². The van der Waals surface area contributed by atoms with E-state index in [1.807, 2.05) is 54.3 Å². The number of fused-ring (bicyclic) bond motifs is 1.